The Kier molecular flexibility index (Phi) is 3.96. The van der Waals surface area contributed by atoms with E-state index in [1.165, 1.54) is 6.08 Å². The van der Waals surface area contributed by atoms with Crippen LogP contribution in [0.25, 0.3) is 0 Å². The molecule has 0 heterocycles. The summed E-state index contributed by atoms with van der Waals surface area (Å²) in [5.41, 5.74) is -0.869. The first kappa shape index (κ1) is 13.7. The number of rotatable bonds is 4. The second-order valence-electron chi connectivity index (χ2n) is 5.55. The van der Waals surface area contributed by atoms with Crippen molar-refractivity contribution in [3.8, 4) is 0 Å². The predicted octanol–water partition coefficient (Wildman–Crippen LogP) is 2.58. The third-order valence-electron chi connectivity index (χ3n) is 2.48. The van der Waals surface area contributed by atoms with Gasteiger partial charge in [0.2, 0.25) is 0 Å². The van der Waals surface area contributed by atoms with E-state index in [0.717, 1.165) is 12.8 Å². The number of ketones is 1. The Morgan fingerprint density at radius 1 is 1.35 bits per heavy atom. The molecule has 0 radical (unpaired) electrons. The van der Waals surface area contributed by atoms with Gasteiger partial charge < -0.3 is 10.1 Å². The molecule has 0 aliphatic heterocycles. The third kappa shape index (κ3) is 5.02. The molecule has 0 aromatic heterocycles. The molecule has 1 aliphatic carbocycles. The van der Waals surface area contributed by atoms with Crippen LogP contribution in [0.15, 0.2) is 12.2 Å². The van der Waals surface area contributed by atoms with Gasteiger partial charge in [0.05, 0.1) is 5.54 Å². The molecule has 17 heavy (non-hydrogen) atoms. The minimum atomic E-state index is -0.506. The van der Waals surface area contributed by atoms with E-state index in [9.17, 15) is 9.59 Å². The summed E-state index contributed by atoms with van der Waals surface area (Å²) in [5.74, 6) is 0.0426. The van der Waals surface area contributed by atoms with Crippen molar-refractivity contribution in [1.29, 1.82) is 0 Å². The van der Waals surface area contributed by atoms with Gasteiger partial charge in [-0.1, -0.05) is 6.08 Å². The van der Waals surface area contributed by atoms with Crippen molar-refractivity contribution in [2.24, 2.45) is 0 Å². The Bertz CT molecular complexity index is 335. The zero-order chi connectivity index (χ0) is 13.1. The number of carbonyl (C=O) groups is 2. The molecule has 0 aromatic carbocycles. The summed E-state index contributed by atoms with van der Waals surface area (Å²) < 4.78 is 5.18. The van der Waals surface area contributed by atoms with Crippen molar-refractivity contribution in [2.45, 2.75) is 58.1 Å². The number of alkyl carbamates (subject to hydrolysis) is 1. The fraction of sp³-hybridized carbons (Fsp3) is 0.692. The highest BCUT2D eigenvalue weighted by Gasteiger charge is 2.46. The van der Waals surface area contributed by atoms with Gasteiger partial charge in [-0.25, -0.2) is 4.79 Å². The molecule has 4 heteroatoms. The van der Waals surface area contributed by atoms with Gasteiger partial charge in [0.1, 0.15) is 5.60 Å². The summed E-state index contributed by atoms with van der Waals surface area (Å²) in [7, 11) is 0. The predicted molar refractivity (Wildman–Crippen MR) is 65.8 cm³/mol. The highest BCUT2D eigenvalue weighted by Crippen LogP contribution is 2.39. The average Bonchev–Trinajstić information content (AvgIpc) is 2.80. The van der Waals surface area contributed by atoms with E-state index in [-0.39, 0.29) is 11.3 Å². The van der Waals surface area contributed by atoms with Crippen LogP contribution in [-0.4, -0.2) is 23.0 Å². The van der Waals surface area contributed by atoms with Crippen molar-refractivity contribution in [3.05, 3.63) is 12.2 Å². The molecule has 0 atom stereocenters. The molecule has 1 aliphatic rings. The van der Waals surface area contributed by atoms with Crippen molar-refractivity contribution in [1.82, 2.24) is 5.32 Å². The number of carbonyl (C=O) groups excluding carboxylic acids is 2. The van der Waals surface area contributed by atoms with Crippen molar-refractivity contribution in [2.75, 3.05) is 0 Å². The molecule has 0 spiro atoms. The summed E-state index contributed by atoms with van der Waals surface area (Å²) in [6.45, 7) is 7.25. The molecular formula is C13H21NO3. The zero-order valence-electron chi connectivity index (χ0n) is 11.0. The molecule has 0 bridgehead atoms. The summed E-state index contributed by atoms with van der Waals surface area (Å²) >= 11 is 0. The maximum absolute atomic E-state index is 11.6. The number of hydrogen-bond acceptors (Lipinski definition) is 3. The molecule has 4 nitrogen and oxygen atoms in total. The molecule has 1 fully saturated rings. The SMILES string of the molecule is C/C=C/C(=O)CC1(NC(=O)OC(C)(C)C)CC1. The minimum Gasteiger partial charge on any atom is -0.444 e. The van der Waals surface area contributed by atoms with Crippen LogP contribution in [-0.2, 0) is 9.53 Å². The van der Waals surface area contributed by atoms with Gasteiger partial charge in [0.15, 0.2) is 5.78 Å². The summed E-state index contributed by atoms with van der Waals surface area (Å²) in [6, 6.07) is 0. The Labute approximate surface area is 102 Å². The minimum absolute atomic E-state index is 0.0426. The lowest BCUT2D eigenvalue weighted by atomic mass is 10.1. The van der Waals surface area contributed by atoms with Crippen molar-refractivity contribution < 1.29 is 14.3 Å². The molecule has 1 N–H and O–H groups in total. The van der Waals surface area contributed by atoms with E-state index in [4.69, 9.17) is 4.74 Å². The maximum atomic E-state index is 11.6. The van der Waals surface area contributed by atoms with Gasteiger partial charge in [-0.05, 0) is 46.6 Å². The molecule has 1 rings (SSSR count). The standard InChI is InChI=1S/C13H21NO3/c1-5-6-10(15)9-13(7-8-13)14-11(16)17-12(2,3)4/h5-6H,7-9H2,1-4H3,(H,14,16)/b6-5+. The average molecular weight is 239 g/mol. The number of nitrogens with one attached hydrogen (secondary N) is 1. The molecule has 1 amide bonds. The number of hydrogen-bond donors (Lipinski definition) is 1. The van der Waals surface area contributed by atoms with Crippen LogP contribution in [0.1, 0.15) is 47.0 Å². The normalized spacial score (nSPS) is 17.9. The molecule has 96 valence electrons. The smallest absolute Gasteiger partial charge is 0.408 e. The van der Waals surface area contributed by atoms with Gasteiger partial charge in [-0.2, -0.15) is 0 Å². The van der Waals surface area contributed by atoms with Crippen LogP contribution < -0.4 is 5.32 Å². The summed E-state index contributed by atoms with van der Waals surface area (Å²) in [4.78, 5) is 23.1. The van der Waals surface area contributed by atoms with Gasteiger partial charge in [-0.3, -0.25) is 4.79 Å². The maximum Gasteiger partial charge on any atom is 0.408 e. The highest BCUT2D eigenvalue weighted by atomic mass is 16.6. The Morgan fingerprint density at radius 2 is 1.94 bits per heavy atom. The topological polar surface area (TPSA) is 55.4 Å². The zero-order valence-corrected chi connectivity index (χ0v) is 11.0. The van der Waals surface area contributed by atoms with Crippen LogP contribution in [0.3, 0.4) is 0 Å². The monoisotopic (exact) mass is 239 g/mol. The second kappa shape index (κ2) is 4.90. The molecular weight excluding hydrogens is 218 g/mol. The number of ether oxygens (including phenoxy) is 1. The second-order valence-corrected chi connectivity index (χ2v) is 5.55. The molecule has 0 unspecified atom stereocenters. The first-order valence-corrected chi connectivity index (χ1v) is 5.93. The Morgan fingerprint density at radius 3 is 2.35 bits per heavy atom. The van der Waals surface area contributed by atoms with Gasteiger partial charge in [-0.15, -0.1) is 0 Å². The Balaban J connectivity index is 2.45. The Hall–Kier alpha value is -1.32. The van der Waals surface area contributed by atoms with E-state index in [0.29, 0.717) is 6.42 Å². The van der Waals surface area contributed by atoms with Gasteiger partial charge in [0.25, 0.3) is 0 Å². The lowest BCUT2D eigenvalue weighted by molar-refractivity contribution is -0.115. The third-order valence-corrected chi connectivity index (χ3v) is 2.48. The van der Waals surface area contributed by atoms with Crippen molar-refractivity contribution >= 4 is 11.9 Å². The van der Waals surface area contributed by atoms with Crippen LogP contribution in [0.4, 0.5) is 4.79 Å². The number of allylic oxidation sites excluding steroid dienone is 2. The van der Waals surface area contributed by atoms with Crippen molar-refractivity contribution in [3.63, 3.8) is 0 Å². The molecule has 1 saturated carbocycles. The fourth-order valence-electron chi connectivity index (χ4n) is 1.60. The quantitative estimate of drug-likeness (QED) is 0.767. The first-order valence-electron chi connectivity index (χ1n) is 5.93. The molecule has 0 aromatic rings. The van der Waals surface area contributed by atoms with Crippen LogP contribution in [0, 0.1) is 0 Å². The lowest BCUT2D eigenvalue weighted by Crippen LogP contribution is -2.41. The van der Waals surface area contributed by atoms with Crippen LogP contribution >= 0.6 is 0 Å². The highest BCUT2D eigenvalue weighted by molar-refractivity contribution is 5.91. The largest absolute Gasteiger partial charge is 0.444 e. The lowest BCUT2D eigenvalue weighted by Gasteiger charge is -2.22. The van der Waals surface area contributed by atoms with E-state index in [2.05, 4.69) is 5.32 Å². The fourth-order valence-corrected chi connectivity index (χ4v) is 1.60. The number of amides is 1. The summed E-state index contributed by atoms with van der Waals surface area (Å²) in [6.07, 6.45) is 4.85. The van der Waals surface area contributed by atoms with Crippen LogP contribution in [0.2, 0.25) is 0 Å². The van der Waals surface area contributed by atoms with E-state index in [1.807, 2.05) is 20.8 Å². The first-order chi connectivity index (χ1) is 7.76. The van der Waals surface area contributed by atoms with Gasteiger partial charge >= 0.3 is 6.09 Å². The van der Waals surface area contributed by atoms with E-state index < -0.39 is 11.7 Å². The van der Waals surface area contributed by atoms with Gasteiger partial charge in [0, 0.05) is 6.42 Å². The molecule has 0 saturated heterocycles. The van der Waals surface area contributed by atoms with E-state index in [1.54, 1.807) is 13.0 Å². The summed E-state index contributed by atoms with van der Waals surface area (Å²) in [5, 5.41) is 2.80. The van der Waals surface area contributed by atoms with Crippen LogP contribution in [0.5, 0.6) is 0 Å². The van der Waals surface area contributed by atoms with E-state index >= 15 is 0 Å².